The van der Waals surface area contributed by atoms with Crippen LogP contribution >= 0.6 is 28.3 Å². The minimum absolute atomic E-state index is 0. The summed E-state index contributed by atoms with van der Waals surface area (Å²) in [6, 6.07) is 0. The highest BCUT2D eigenvalue weighted by Gasteiger charge is 2.02. The van der Waals surface area contributed by atoms with Gasteiger partial charge in [0.25, 0.3) is 5.95 Å². The second kappa shape index (κ2) is 5.15. The van der Waals surface area contributed by atoms with Gasteiger partial charge in [0, 0.05) is 12.4 Å². The van der Waals surface area contributed by atoms with E-state index >= 15 is 0 Å². The number of nitrogens with two attached hydrogens (primary N) is 1. The summed E-state index contributed by atoms with van der Waals surface area (Å²) in [6.07, 6.45) is 4.82. The maximum atomic E-state index is 5.38. The first kappa shape index (κ1) is 12.0. The molecule has 0 aliphatic rings. The van der Waals surface area contributed by atoms with Gasteiger partial charge in [-0.1, -0.05) is 0 Å². The summed E-state index contributed by atoms with van der Waals surface area (Å²) >= 11 is 3.25. The molecule has 2 aromatic heterocycles. The van der Waals surface area contributed by atoms with Gasteiger partial charge < -0.3 is 5.73 Å². The van der Waals surface area contributed by atoms with Gasteiger partial charge in [0.05, 0.1) is 11.0 Å². The van der Waals surface area contributed by atoms with Crippen LogP contribution in [0.15, 0.2) is 23.2 Å². The lowest BCUT2D eigenvalue weighted by molar-refractivity contribution is 0.779. The van der Waals surface area contributed by atoms with E-state index in [4.69, 9.17) is 5.73 Å². The molecule has 0 unspecified atom stereocenters. The van der Waals surface area contributed by atoms with Gasteiger partial charge >= 0.3 is 0 Å². The zero-order valence-corrected chi connectivity index (χ0v) is 9.94. The number of aromatic nitrogens is 5. The molecule has 2 rings (SSSR count). The van der Waals surface area contributed by atoms with E-state index in [1.807, 2.05) is 0 Å². The lowest BCUT2D eigenvalue weighted by Gasteiger charge is -1.96. The van der Waals surface area contributed by atoms with E-state index in [1.165, 1.54) is 11.0 Å². The summed E-state index contributed by atoms with van der Waals surface area (Å²) in [6.45, 7) is 0.309. The molecular formula is C7H8BrClN6. The molecule has 0 saturated carbocycles. The van der Waals surface area contributed by atoms with E-state index in [0.717, 1.165) is 4.47 Å². The van der Waals surface area contributed by atoms with E-state index in [0.29, 0.717) is 18.3 Å². The molecule has 0 aliphatic carbocycles. The van der Waals surface area contributed by atoms with Crippen LogP contribution in [-0.2, 0) is 6.54 Å². The smallest absolute Gasteiger partial charge is 0.252 e. The van der Waals surface area contributed by atoms with Crippen LogP contribution in [-0.4, -0.2) is 24.7 Å². The van der Waals surface area contributed by atoms with Gasteiger partial charge in [0.2, 0.25) is 0 Å². The second-order valence-electron chi connectivity index (χ2n) is 2.51. The molecule has 8 heteroatoms. The fourth-order valence-corrected chi connectivity index (χ4v) is 1.12. The van der Waals surface area contributed by atoms with Crippen molar-refractivity contribution in [1.29, 1.82) is 0 Å². The van der Waals surface area contributed by atoms with Crippen molar-refractivity contribution in [3.8, 4) is 5.95 Å². The summed E-state index contributed by atoms with van der Waals surface area (Å²) in [5.74, 6) is 1.04. The van der Waals surface area contributed by atoms with Crippen molar-refractivity contribution in [2.45, 2.75) is 6.54 Å². The summed E-state index contributed by atoms with van der Waals surface area (Å²) < 4.78 is 2.30. The average molecular weight is 292 g/mol. The first-order valence-corrected chi connectivity index (χ1v) is 4.67. The largest absolute Gasteiger partial charge is 0.324 e. The summed E-state index contributed by atoms with van der Waals surface area (Å²) in [4.78, 5) is 12.1. The first-order valence-electron chi connectivity index (χ1n) is 3.88. The third kappa shape index (κ3) is 2.71. The van der Waals surface area contributed by atoms with E-state index < -0.39 is 0 Å². The van der Waals surface area contributed by atoms with Crippen LogP contribution in [0.4, 0.5) is 0 Å². The Balaban J connectivity index is 0.00000112. The van der Waals surface area contributed by atoms with E-state index in [9.17, 15) is 0 Å². The van der Waals surface area contributed by atoms with Crippen molar-refractivity contribution in [3.05, 3.63) is 29.0 Å². The molecule has 0 atom stereocenters. The topological polar surface area (TPSA) is 82.5 Å². The predicted molar refractivity (Wildman–Crippen MR) is 59.8 cm³/mol. The highest BCUT2D eigenvalue weighted by Crippen LogP contribution is 2.06. The van der Waals surface area contributed by atoms with E-state index in [1.54, 1.807) is 12.4 Å². The summed E-state index contributed by atoms with van der Waals surface area (Å²) in [5, 5.41) is 4.07. The minimum atomic E-state index is 0. The Kier molecular flexibility index (Phi) is 4.13. The van der Waals surface area contributed by atoms with Crippen molar-refractivity contribution in [3.63, 3.8) is 0 Å². The Morgan fingerprint density at radius 1 is 1.27 bits per heavy atom. The Morgan fingerprint density at radius 3 is 2.47 bits per heavy atom. The van der Waals surface area contributed by atoms with Gasteiger partial charge in [-0.05, 0) is 15.9 Å². The predicted octanol–water partition coefficient (Wildman–Crippen LogP) is 0.700. The zero-order chi connectivity index (χ0) is 9.97. The van der Waals surface area contributed by atoms with Crippen molar-refractivity contribution < 1.29 is 0 Å². The van der Waals surface area contributed by atoms with Gasteiger partial charge in [0.15, 0.2) is 5.82 Å². The third-order valence-electron chi connectivity index (χ3n) is 1.53. The summed E-state index contributed by atoms with van der Waals surface area (Å²) in [7, 11) is 0. The third-order valence-corrected chi connectivity index (χ3v) is 1.94. The molecule has 0 fully saturated rings. The van der Waals surface area contributed by atoms with Gasteiger partial charge in [-0.15, -0.1) is 17.5 Å². The zero-order valence-electron chi connectivity index (χ0n) is 7.54. The number of rotatable bonds is 2. The molecule has 0 aliphatic heterocycles. The van der Waals surface area contributed by atoms with Crippen LogP contribution in [0.3, 0.4) is 0 Å². The Morgan fingerprint density at radius 2 is 1.93 bits per heavy atom. The summed E-state index contributed by atoms with van der Waals surface area (Å²) in [5.41, 5.74) is 5.38. The van der Waals surface area contributed by atoms with Crippen LogP contribution in [0.5, 0.6) is 0 Å². The van der Waals surface area contributed by atoms with Crippen LogP contribution in [0.2, 0.25) is 0 Å². The van der Waals surface area contributed by atoms with Crippen LogP contribution < -0.4 is 5.73 Å². The standard InChI is InChI=1S/C7H7BrN6.ClH/c8-5-2-10-7(11-3-5)14-4-12-6(1-9)13-14;/h2-4H,1,9H2;1H. The molecule has 2 aromatic rings. The van der Waals surface area contributed by atoms with Gasteiger partial charge in [-0.3, -0.25) is 0 Å². The average Bonchev–Trinajstić information content (AvgIpc) is 2.67. The molecule has 2 N–H and O–H groups in total. The molecule has 0 bridgehead atoms. The molecule has 6 nitrogen and oxygen atoms in total. The van der Waals surface area contributed by atoms with E-state index in [-0.39, 0.29) is 12.4 Å². The van der Waals surface area contributed by atoms with Crippen molar-refractivity contribution >= 4 is 28.3 Å². The minimum Gasteiger partial charge on any atom is -0.324 e. The number of halogens is 2. The Labute approximate surface area is 100 Å². The molecule has 0 saturated heterocycles. The lowest BCUT2D eigenvalue weighted by atomic mass is 10.6. The SMILES string of the molecule is Cl.NCc1ncn(-c2ncc(Br)cn2)n1. The molecule has 0 spiro atoms. The fourth-order valence-electron chi connectivity index (χ4n) is 0.911. The van der Waals surface area contributed by atoms with Crippen LogP contribution in [0.25, 0.3) is 5.95 Å². The first-order chi connectivity index (χ1) is 6.79. The molecule has 80 valence electrons. The number of nitrogens with zero attached hydrogens (tertiary/aromatic N) is 5. The molecule has 0 amide bonds. The maximum absolute atomic E-state index is 5.38. The number of hydrogen-bond donors (Lipinski definition) is 1. The fraction of sp³-hybridized carbons (Fsp3) is 0.143. The highest BCUT2D eigenvalue weighted by atomic mass is 79.9. The van der Waals surface area contributed by atoms with Crippen molar-refractivity contribution in [2.75, 3.05) is 0 Å². The van der Waals surface area contributed by atoms with Crippen molar-refractivity contribution in [2.24, 2.45) is 5.73 Å². The molecule has 0 radical (unpaired) electrons. The Hall–Kier alpha value is -1.05. The molecule has 0 aromatic carbocycles. The lowest BCUT2D eigenvalue weighted by Crippen LogP contribution is -2.03. The monoisotopic (exact) mass is 290 g/mol. The Bertz CT molecular complexity index is 427. The van der Waals surface area contributed by atoms with Gasteiger partial charge in [-0.25, -0.2) is 15.0 Å². The quantitative estimate of drug-likeness (QED) is 0.880. The second-order valence-corrected chi connectivity index (χ2v) is 3.43. The highest BCUT2D eigenvalue weighted by molar-refractivity contribution is 9.10. The molecule has 2 heterocycles. The molecule has 15 heavy (non-hydrogen) atoms. The van der Waals surface area contributed by atoms with Crippen LogP contribution in [0.1, 0.15) is 5.82 Å². The van der Waals surface area contributed by atoms with Gasteiger partial charge in [0.1, 0.15) is 6.33 Å². The number of hydrogen-bond acceptors (Lipinski definition) is 5. The van der Waals surface area contributed by atoms with Crippen LogP contribution in [0, 0.1) is 0 Å². The maximum Gasteiger partial charge on any atom is 0.252 e. The van der Waals surface area contributed by atoms with Gasteiger partial charge in [-0.2, -0.15) is 4.68 Å². The van der Waals surface area contributed by atoms with Crippen molar-refractivity contribution in [1.82, 2.24) is 24.7 Å². The normalized spacial score (nSPS) is 9.73. The molecular weight excluding hydrogens is 283 g/mol. The van der Waals surface area contributed by atoms with E-state index in [2.05, 4.69) is 36.0 Å².